The molecule has 0 spiro atoms. The Labute approximate surface area is 119 Å². The highest BCUT2D eigenvalue weighted by Crippen LogP contribution is 2.34. The largest absolute Gasteiger partial charge is 0.416 e. The van der Waals surface area contributed by atoms with Gasteiger partial charge in [-0.3, -0.25) is 11.3 Å². The summed E-state index contributed by atoms with van der Waals surface area (Å²) in [5.74, 6) is 5.50. The van der Waals surface area contributed by atoms with Crippen molar-refractivity contribution in [1.29, 1.82) is 0 Å². The number of thiophene rings is 1. The van der Waals surface area contributed by atoms with E-state index in [2.05, 4.69) is 5.43 Å². The van der Waals surface area contributed by atoms with Crippen LogP contribution in [0.15, 0.2) is 36.4 Å². The summed E-state index contributed by atoms with van der Waals surface area (Å²) in [6.45, 7) is 1.95. The molecule has 0 aliphatic carbocycles. The average molecular weight is 300 g/mol. The highest BCUT2D eigenvalue weighted by atomic mass is 32.1. The predicted octanol–water partition coefficient (Wildman–Crippen LogP) is 3.82. The van der Waals surface area contributed by atoms with E-state index in [9.17, 15) is 13.2 Å². The lowest BCUT2D eigenvalue weighted by molar-refractivity contribution is -0.138. The lowest BCUT2D eigenvalue weighted by Crippen LogP contribution is -2.29. The number of hydrazine groups is 1. The van der Waals surface area contributed by atoms with Gasteiger partial charge in [0.05, 0.1) is 11.6 Å². The van der Waals surface area contributed by atoms with Crippen molar-refractivity contribution in [3.8, 4) is 0 Å². The van der Waals surface area contributed by atoms with Crippen LogP contribution in [0.25, 0.3) is 0 Å². The molecule has 0 saturated carbocycles. The van der Waals surface area contributed by atoms with Crippen LogP contribution >= 0.6 is 11.3 Å². The van der Waals surface area contributed by atoms with Crippen LogP contribution < -0.4 is 11.3 Å². The van der Waals surface area contributed by atoms with Crippen molar-refractivity contribution in [2.75, 3.05) is 0 Å². The van der Waals surface area contributed by atoms with Crippen molar-refractivity contribution in [2.45, 2.75) is 25.6 Å². The maximum Gasteiger partial charge on any atom is 0.416 e. The molecule has 1 atom stereocenters. The second-order valence-electron chi connectivity index (χ2n) is 4.53. The Morgan fingerprint density at radius 3 is 2.45 bits per heavy atom. The van der Waals surface area contributed by atoms with Gasteiger partial charge in [0.25, 0.3) is 0 Å². The van der Waals surface area contributed by atoms with E-state index in [4.69, 9.17) is 5.84 Å². The van der Waals surface area contributed by atoms with Crippen molar-refractivity contribution >= 4 is 11.3 Å². The first-order chi connectivity index (χ1) is 9.41. The molecule has 108 valence electrons. The molecule has 0 amide bonds. The summed E-state index contributed by atoms with van der Waals surface area (Å²) in [5, 5.41) is 0. The lowest BCUT2D eigenvalue weighted by Gasteiger charge is -2.18. The Bertz CT molecular complexity index is 578. The van der Waals surface area contributed by atoms with Crippen LogP contribution in [0.4, 0.5) is 13.2 Å². The van der Waals surface area contributed by atoms with Gasteiger partial charge in [0, 0.05) is 9.75 Å². The maximum atomic E-state index is 13.0. The van der Waals surface area contributed by atoms with Crippen LogP contribution in [0.2, 0.25) is 0 Å². The number of benzene rings is 1. The van der Waals surface area contributed by atoms with Gasteiger partial charge in [-0.2, -0.15) is 13.2 Å². The molecule has 0 bridgehead atoms. The van der Waals surface area contributed by atoms with E-state index in [0.29, 0.717) is 0 Å². The fourth-order valence-corrected chi connectivity index (χ4v) is 3.01. The zero-order valence-corrected chi connectivity index (χ0v) is 11.7. The number of nitrogens with one attached hydrogen (secondary N) is 1. The number of halogens is 3. The normalized spacial score (nSPS) is 13.4. The third kappa shape index (κ3) is 3.39. The number of hydrogen-bond acceptors (Lipinski definition) is 3. The zero-order valence-electron chi connectivity index (χ0n) is 10.9. The SMILES string of the molecule is Cc1ccc(C(Cc2ccccc2C(F)(F)F)NN)s1. The first-order valence-corrected chi connectivity index (χ1v) is 6.91. The van der Waals surface area contributed by atoms with Crippen LogP contribution in [0, 0.1) is 6.92 Å². The molecule has 1 aromatic carbocycles. The molecule has 1 aromatic heterocycles. The van der Waals surface area contributed by atoms with Crippen LogP contribution in [0.5, 0.6) is 0 Å². The molecule has 1 unspecified atom stereocenters. The highest BCUT2D eigenvalue weighted by molar-refractivity contribution is 7.12. The molecule has 0 aliphatic heterocycles. The topological polar surface area (TPSA) is 38.0 Å². The minimum Gasteiger partial charge on any atom is -0.271 e. The summed E-state index contributed by atoms with van der Waals surface area (Å²) in [6, 6.07) is 9.10. The third-order valence-corrected chi connectivity index (χ3v) is 4.17. The quantitative estimate of drug-likeness (QED) is 0.665. The van der Waals surface area contributed by atoms with Gasteiger partial charge in [-0.1, -0.05) is 18.2 Å². The van der Waals surface area contributed by atoms with Crippen molar-refractivity contribution in [2.24, 2.45) is 5.84 Å². The van der Waals surface area contributed by atoms with Gasteiger partial charge in [-0.05, 0) is 37.1 Å². The van der Waals surface area contributed by atoms with Gasteiger partial charge in [0.2, 0.25) is 0 Å². The first kappa shape index (κ1) is 15.0. The van der Waals surface area contributed by atoms with Crippen LogP contribution in [0.3, 0.4) is 0 Å². The summed E-state index contributed by atoms with van der Waals surface area (Å²) in [7, 11) is 0. The average Bonchev–Trinajstić information content (AvgIpc) is 2.82. The summed E-state index contributed by atoms with van der Waals surface area (Å²) >= 11 is 1.53. The minimum atomic E-state index is -4.35. The van der Waals surface area contributed by atoms with Crippen molar-refractivity contribution in [3.63, 3.8) is 0 Å². The van der Waals surface area contributed by atoms with Crippen LogP contribution in [0.1, 0.15) is 26.9 Å². The number of aryl methyl sites for hydroxylation is 1. The van der Waals surface area contributed by atoms with E-state index in [1.165, 1.54) is 23.5 Å². The molecule has 6 heteroatoms. The van der Waals surface area contributed by atoms with E-state index >= 15 is 0 Å². The Kier molecular flexibility index (Phi) is 4.47. The second-order valence-corrected chi connectivity index (χ2v) is 5.85. The first-order valence-electron chi connectivity index (χ1n) is 6.09. The van der Waals surface area contributed by atoms with Gasteiger partial charge in [-0.25, -0.2) is 0 Å². The van der Waals surface area contributed by atoms with E-state index in [1.807, 2.05) is 19.1 Å². The van der Waals surface area contributed by atoms with E-state index < -0.39 is 11.7 Å². The molecule has 3 N–H and O–H groups in total. The van der Waals surface area contributed by atoms with Crippen LogP contribution in [-0.2, 0) is 12.6 Å². The molecule has 0 saturated heterocycles. The van der Waals surface area contributed by atoms with E-state index in [-0.39, 0.29) is 18.0 Å². The second kappa shape index (κ2) is 5.95. The smallest absolute Gasteiger partial charge is 0.271 e. The molecule has 2 aromatic rings. The van der Waals surface area contributed by atoms with Crippen molar-refractivity contribution < 1.29 is 13.2 Å². The zero-order chi connectivity index (χ0) is 14.8. The Hall–Kier alpha value is -1.37. The molecule has 1 heterocycles. The molecule has 0 fully saturated rings. The summed E-state index contributed by atoms with van der Waals surface area (Å²) in [4.78, 5) is 2.03. The predicted molar refractivity (Wildman–Crippen MR) is 74.3 cm³/mol. The molecular formula is C14H15F3N2S. The molecular weight excluding hydrogens is 285 g/mol. The van der Waals surface area contributed by atoms with Crippen molar-refractivity contribution in [1.82, 2.24) is 5.43 Å². The van der Waals surface area contributed by atoms with Crippen LogP contribution in [-0.4, -0.2) is 0 Å². The van der Waals surface area contributed by atoms with Gasteiger partial charge >= 0.3 is 6.18 Å². The Balaban J connectivity index is 2.29. The maximum absolute atomic E-state index is 13.0. The standard InChI is InChI=1S/C14H15F3N2S/c1-9-6-7-13(20-9)12(19-18)8-10-4-2-3-5-11(10)14(15,16)17/h2-7,12,19H,8,18H2,1H3. The molecule has 20 heavy (non-hydrogen) atoms. The lowest BCUT2D eigenvalue weighted by atomic mass is 9.99. The van der Waals surface area contributed by atoms with E-state index in [1.54, 1.807) is 6.07 Å². The van der Waals surface area contributed by atoms with E-state index in [0.717, 1.165) is 15.8 Å². The summed E-state index contributed by atoms with van der Waals surface area (Å²) < 4.78 is 38.9. The minimum absolute atomic E-state index is 0.201. The number of nitrogens with two attached hydrogens (primary N) is 1. The number of rotatable bonds is 4. The Morgan fingerprint density at radius 2 is 1.90 bits per heavy atom. The van der Waals surface area contributed by atoms with Gasteiger partial charge in [-0.15, -0.1) is 11.3 Å². The van der Waals surface area contributed by atoms with Gasteiger partial charge in [0.15, 0.2) is 0 Å². The molecule has 0 aliphatic rings. The highest BCUT2D eigenvalue weighted by Gasteiger charge is 2.33. The van der Waals surface area contributed by atoms with Gasteiger partial charge in [0.1, 0.15) is 0 Å². The fourth-order valence-electron chi connectivity index (χ4n) is 2.08. The van der Waals surface area contributed by atoms with Gasteiger partial charge < -0.3 is 0 Å². The van der Waals surface area contributed by atoms with Crippen molar-refractivity contribution in [3.05, 3.63) is 57.3 Å². The summed E-state index contributed by atoms with van der Waals surface area (Å²) in [6.07, 6.45) is -4.15. The molecule has 2 nitrogen and oxygen atoms in total. The number of hydrogen-bond donors (Lipinski definition) is 2. The molecule has 2 rings (SSSR count). The third-order valence-electron chi connectivity index (χ3n) is 3.05. The summed E-state index contributed by atoms with van der Waals surface area (Å²) in [5.41, 5.74) is 2.24. The molecule has 0 radical (unpaired) electrons. The monoisotopic (exact) mass is 300 g/mol. The number of alkyl halides is 3. The Morgan fingerprint density at radius 1 is 1.20 bits per heavy atom. The fraction of sp³-hybridized carbons (Fsp3) is 0.286.